The van der Waals surface area contributed by atoms with Crippen molar-refractivity contribution in [2.24, 2.45) is 0 Å². The van der Waals surface area contributed by atoms with Gasteiger partial charge in [-0.15, -0.1) is 0 Å². The highest BCUT2D eigenvalue weighted by Gasteiger charge is 2.28. The van der Waals surface area contributed by atoms with Crippen LogP contribution in [0.5, 0.6) is 0 Å². The van der Waals surface area contributed by atoms with Crippen LogP contribution in [0, 0.1) is 5.82 Å². The number of carbonyl (C=O) groups excluding carboxylic acids is 1. The molecule has 2 rings (SSSR count). The summed E-state index contributed by atoms with van der Waals surface area (Å²) in [5.41, 5.74) is 0.694. The van der Waals surface area contributed by atoms with E-state index >= 15 is 0 Å². The first-order valence-electron chi connectivity index (χ1n) is 5.81. The van der Waals surface area contributed by atoms with Crippen molar-refractivity contribution in [1.82, 2.24) is 4.98 Å². The SMILES string of the molecule is O=C(OO)C(Cc1cccnc1)c1c(F)cccc1Cl. The van der Waals surface area contributed by atoms with Crippen molar-refractivity contribution in [2.45, 2.75) is 12.3 Å². The predicted octanol–water partition coefficient (Wildman–Crippen LogP) is 3.22. The predicted molar refractivity (Wildman–Crippen MR) is 70.8 cm³/mol. The first-order chi connectivity index (χ1) is 9.63. The Bertz CT molecular complexity index is 586. The van der Waals surface area contributed by atoms with Gasteiger partial charge < -0.3 is 4.89 Å². The van der Waals surface area contributed by atoms with Crippen molar-refractivity contribution in [3.05, 3.63) is 64.7 Å². The van der Waals surface area contributed by atoms with Crippen LogP contribution >= 0.6 is 11.6 Å². The first-order valence-corrected chi connectivity index (χ1v) is 6.19. The molecule has 0 aliphatic rings. The van der Waals surface area contributed by atoms with Crippen molar-refractivity contribution in [1.29, 1.82) is 0 Å². The molecule has 1 aromatic heterocycles. The van der Waals surface area contributed by atoms with Gasteiger partial charge in [-0.2, -0.15) is 5.26 Å². The van der Waals surface area contributed by atoms with Gasteiger partial charge in [-0.3, -0.25) is 4.98 Å². The Morgan fingerprint density at radius 1 is 1.40 bits per heavy atom. The number of benzene rings is 1. The van der Waals surface area contributed by atoms with E-state index in [1.807, 2.05) is 0 Å². The molecule has 2 aromatic rings. The monoisotopic (exact) mass is 295 g/mol. The van der Waals surface area contributed by atoms with E-state index < -0.39 is 17.7 Å². The zero-order chi connectivity index (χ0) is 14.5. The van der Waals surface area contributed by atoms with Gasteiger partial charge in [0.05, 0.1) is 5.92 Å². The molecular weight excluding hydrogens is 285 g/mol. The molecule has 4 nitrogen and oxygen atoms in total. The Morgan fingerprint density at radius 3 is 2.80 bits per heavy atom. The Kier molecular flexibility index (Phi) is 4.65. The number of hydrogen-bond donors (Lipinski definition) is 1. The normalized spacial score (nSPS) is 11.9. The molecule has 0 bridgehead atoms. The van der Waals surface area contributed by atoms with Crippen molar-refractivity contribution in [2.75, 3.05) is 0 Å². The molecule has 0 radical (unpaired) electrons. The van der Waals surface area contributed by atoms with Gasteiger partial charge in [-0.05, 0) is 30.2 Å². The van der Waals surface area contributed by atoms with Crippen molar-refractivity contribution in [3.8, 4) is 0 Å². The third-order valence-electron chi connectivity index (χ3n) is 2.89. The van der Waals surface area contributed by atoms with Gasteiger partial charge in [-0.1, -0.05) is 23.7 Å². The minimum absolute atomic E-state index is 0.00271. The van der Waals surface area contributed by atoms with Crippen LogP contribution < -0.4 is 0 Å². The van der Waals surface area contributed by atoms with E-state index in [1.54, 1.807) is 24.5 Å². The molecule has 1 aromatic carbocycles. The standard InChI is InChI=1S/C14H11ClFNO3/c15-11-4-1-5-12(16)13(11)10(14(18)20-19)7-9-3-2-6-17-8-9/h1-6,8,10,19H,7H2. The Hall–Kier alpha value is -1.98. The molecule has 0 aliphatic carbocycles. The van der Waals surface area contributed by atoms with E-state index in [0.29, 0.717) is 5.56 Å². The lowest BCUT2D eigenvalue weighted by molar-refractivity contribution is -0.236. The highest BCUT2D eigenvalue weighted by Crippen LogP contribution is 2.30. The van der Waals surface area contributed by atoms with Crippen LogP contribution in [0.15, 0.2) is 42.7 Å². The smallest absolute Gasteiger partial charge is 0.300 e. The average molecular weight is 296 g/mol. The van der Waals surface area contributed by atoms with E-state index in [-0.39, 0.29) is 17.0 Å². The fraction of sp³-hybridized carbons (Fsp3) is 0.143. The van der Waals surface area contributed by atoms with Crippen LogP contribution in [0.4, 0.5) is 4.39 Å². The van der Waals surface area contributed by atoms with Gasteiger partial charge in [0, 0.05) is 23.0 Å². The fourth-order valence-electron chi connectivity index (χ4n) is 1.97. The summed E-state index contributed by atoms with van der Waals surface area (Å²) in [7, 11) is 0. The number of hydrogen-bond acceptors (Lipinski definition) is 4. The van der Waals surface area contributed by atoms with Crippen LogP contribution in [0.25, 0.3) is 0 Å². The lowest BCUT2D eigenvalue weighted by atomic mass is 9.92. The molecule has 0 spiro atoms. The minimum atomic E-state index is -1.04. The van der Waals surface area contributed by atoms with Gasteiger partial charge in [-0.25, -0.2) is 9.18 Å². The molecule has 1 N–H and O–H groups in total. The summed E-state index contributed by atoms with van der Waals surface area (Å²) in [6.07, 6.45) is 3.25. The quantitative estimate of drug-likeness (QED) is 0.695. The summed E-state index contributed by atoms with van der Waals surface area (Å²) in [6.45, 7) is 0. The van der Waals surface area contributed by atoms with Crippen LogP contribution in [0.1, 0.15) is 17.0 Å². The number of nitrogens with zero attached hydrogens (tertiary/aromatic N) is 1. The molecule has 1 atom stereocenters. The highest BCUT2D eigenvalue weighted by atomic mass is 35.5. The number of pyridine rings is 1. The third-order valence-corrected chi connectivity index (χ3v) is 3.21. The van der Waals surface area contributed by atoms with E-state index in [9.17, 15) is 9.18 Å². The molecule has 0 aliphatic heterocycles. The lowest BCUT2D eigenvalue weighted by Gasteiger charge is -2.16. The summed E-state index contributed by atoms with van der Waals surface area (Å²) in [5.74, 6) is -2.64. The van der Waals surface area contributed by atoms with E-state index in [0.717, 1.165) is 0 Å². The molecular formula is C14H11ClFNO3. The van der Waals surface area contributed by atoms with E-state index in [4.69, 9.17) is 16.9 Å². The number of rotatable bonds is 4. The average Bonchev–Trinajstić information content (AvgIpc) is 2.46. The second-order valence-electron chi connectivity index (χ2n) is 4.16. The number of aromatic nitrogens is 1. The topological polar surface area (TPSA) is 59.4 Å². The zero-order valence-electron chi connectivity index (χ0n) is 10.3. The maximum absolute atomic E-state index is 13.9. The summed E-state index contributed by atoms with van der Waals surface area (Å²) in [6, 6.07) is 7.54. The first kappa shape index (κ1) is 14.4. The van der Waals surface area contributed by atoms with Gasteiger partial charge in [0.1, 0.15) is 5.82 Å². The molecule has 0 saturated heterocycles. The van der Waals surface area contributed by atoms with Crippen LogP contribution in [0.3, 0.4) is 0 Å². The Labute approximate surface area is 119 Å². The Morgan fingerprint density at radius 2 is 2.20 bits per heavy atom. The second-order valence-corrected chi connectivity index (χ2v) is 4.57. The van der Waals surface area contributed by atoms with E-state index in [2.05, 4.69) is 9.87 Å². The summed E-state index contributed by atoms with van der Waals surface area (Å²) < 4.78 is 13.9. The molecule has 104 valence electrons. The molecule has 6 heteroatoms. The molecule has 0 saturated carbocycles. The van der Waals surface area contributed by atoms with Gasteiger partial charge in [0.15, 0.2) is 0 Å². The molecule has 1 heterocycles. The number of carbonyl (C=O) groups is 1. The van der Waals surface area contributed by atoms with E-state index in [1.165, 1.54) is 18.2 Å². The summed E-state index contributed by atoms with van der Waals surface area (Å²) >= 11 is 5.95. The lowest BCUT2D eigenvalue weighted by Crippen LogP contribution is -2.19. The highest BCUT2D eigenvalue weighted by molar-refractivity contribution is 6.31. The molecule has 20 heavy (non-hydrogen) atoms. The van der Waals surface area contributed by atoms with Crippen molar-refractivity contribution in [3.63, 3.8) is 0 Å². The summed E-state index contributed by atoms with van der Waals surface area (Å²) in [5, 5.41) is 8.70. The van der Waals surface area contributed by atoms with Gasteiger partial charge in [0.2, 0.25) is 0 Å². The fourth-order valence-corrected chi connectivity index (χ4v) is 2.26. The Balaban J connectivity index is 2.41. The van der Waals surface area contributed by atoms with Crippen LogP contribution in [-0.2, 0) is 16.1 Å². The molecule has 0 amide bonds. The van der Waals surface area contributed by atoms with Crippen molar-refractivity contribution >= 4 is 17.6 Å². The summed E-state index contributed by atoms with van der Waals surface area (Å²) in [4.78, 5) is 19.4. The minimum Gasteiger partial charge on any atom is -0.300 e. The maximum atomic E-state index is 13.9. The molecule has 0 fully saturated rings. The number of halogens is 2. The molecule has 1 unspecified atom stereocenters. The van der Waals surface area contributed by atoms with Crippen LogP contribution in [-0.4, -0.2) is 16.2 Å². The van der Waals surface area contributed by atoms with Crippen LogP contribution in [0.2, 0.25) is 5.02 Å². The third kappa shape index (κ3) is 3.12. The van der Waals surface area contributed by atoms with Gasteiger partial charge in [0.25, 0.3) is 0 Å². The van der Waals surface area contributed by atoms with Gasteiger partial charge >= 0.3 is 5.97 Å². The zero-order valence-corrected chi connectivity index (χ0v) is 11.0. The largest absolute Gasteiger partial charge is 0.349 e. The van der Waals surface area contributed by atoms with Crippen molar-refractivity contribution < 1.29 is 19.3 Å². The maximum Gasteiger partial charge on any atom is 0.349 e. The second kappa shape index (κ2) is 6.45.